The number of pyridine rings is 4. The number of likely N-dealkylation sites (tertiary alicyclic amines) is 2. The van der Waals surface area contributed by atoms with Gasteiger partial charge >= 0.3 is 5.97 Å². The first-order chi connectivity index (χ1) is 36.9. The number of furan rings is 2. The Kier molecular flexibility index (Phi) is 18.6. The number of carboxylic acids is 1. The summed E-state index contributed by atoms with van der Waals surface area (Å²) in [5, 5.41) is 10.1. The Hall–Kier alpha value is -8.64. The van der Waals surface area contributed by atoms with Gasteiger partial charge in [-0.1, -0.05) is 19.6 Å². The zero-order valence-corrected chi connectivity index (χ0v) is 42.3. The number of aromatic nitrogens is 4. The molecule has 2 aromatic carbocycles. The van der Waals surface area contributed by atoms with Gasteiger partial charge in [-0.25, -0.2) is 22.4 Å². The first-order valence-corrected chi connectivity index (χ1v) is 24.9. The van der Waals surface area contributed by atoms with Gasteiger partial charge in [0.15, 0.2) is 5.78 Å². The minimum absolute atomic E-state index is 0. The number of hydrogen-bond donors (Lipinski definition) is 2. The fraction of sp³-hybridized carbons (Fsp3) is 0.267. The van der Waals surface area contributed by atoms with Crippen molar-refractivity contribution < 1.29 is 50.7 Å². The summed E-state index contributed by atoms with van der Waals surface area (Å²) in [5.41, 5.74) is 14.8. The number of carbonyl (C=O) groups is 4. The molecule has 0 spiro atoms. The van der Waals surface area contributed by atoms with Crippen LogP contribution in [0.15, 0.2) is 143 Å². The molecule has 404 valence electrons. The number of benzene rings is 2. The molecule has 0 bridgehead atoms. The highest BCUT2D eigenvalue weighted by Gasteiger charge is 2.37. The van der Waals surface area contributed by atoms with E-state index in [1.54, 1.807) is 73.3 Å². The number of ketones is 1. The molecule has 2 saturated heterocycles. The molecule has 0 radical (unpaired) electrons. The zero-order valence-electron chi connectivity index (χ0n) is 42.3. The summed E-state index contributed by atoms with van der Waals surface area (Å²) >= 11 is 0. The third kappa shape index (κ3) is 15.1. The van der Waals surface area contributed by atoms with E-state index in [-0.39, 0.29) is 76.9 Å². The van der Waals surface area contributed by atoms with Crippen LogP contribution in [0.1, 0.15) is 94.0 Å². The summed E-state index contributed by atoms with van der Waals surface area (Å²) in [6, 6.07) is 25.9. The van der Waals surface area contributed by atoms with Crippen molar-refractivity contribution in [1.29, 1.82) is 0 Å². The van der Waals surface area contributed by atoms with Crippen LogP contribution in [0.5, 0.6) is 0 Å². The van der Waals surface area contributed by atoms with Gasteiger partial charge in [0.1, 0.15) is 22.7 Å². The molecule has 2 amide bonds. The molecular weight excluding hydrogens is 1010 g/mol. The van der Waals surface area contributed by atoms with Crippen molar-refractivity contribution in [3.8, 4) is 22.5 Å². The van der Waals surface area contributed by atoms with Gasteiger partial charge < -0.3 is 29.5 Å². The summed E-state index contributed by atoms with van der Waals surface area (Å²) in [4.78, 5) is 67.3. The van der Waals surface area contributed by atoms with Crippen molar-refractivity contribution >= 4 is 57.7 Å². The number of amides is 2. The number of halogens is 4. The normalized spacial score (nSPS) is 14.8. The average molecular weight is 1070 g/mol. The van der Waals surface area contributed by atoms with E-state index in [0.29, 0.717) is 36.2 Å². The smallest absolute Gasteiger partial charge is 0.328 e. The maximum absolute atomic E-state index is 13.4. The molecule has 8 aromatic rings. The van der Waals surface area contributed by atoms with Crippen molar-refractivity contribution in [3.05, 3.63) is 179 Å². The molecule has 18 heteroatoms. The monoisotopic (exact) mass is 1070 g/mol. The zero-order chi connectivity index (χ0) is 54.7. The van der Waals surface area contributed by atoms with E-state index in [1.165, 1.54) is 28.3 Å². The lowest BCUT2D eigenvalue weighted by molar-refractivity contribution is -0.131. The highest BCUT2D eigenvalue weighted by molar-refractivity contribution is 5.96. The molecule has 3 N–H and O–H groups in total. The number of piperidine rings is 2. The van der Waals surface area contributed by atoms with Crippen LogP contribution in [-0.4, -0.2) is 96.4 Å². The van der Waals surface area contributed by atoms with E-state index < -0.39 is 17.8 Å². The minimum atomic E-state index is -2.70. The lowest BCUT2D eigenvalue weighted by Crippen LogP contribution is -2.42. The molecule has 8 heterocycles. The molecule has 2 fully saturated rings. The Morgan fingerprint density at radius 2 is 1.08 bits per heavy atom. The van der Waals surface area contributed by atoms with Crippen LogP contribution in [0, 0.1) is 13.8 Å². The van der Waals surface area contributed by atoms with Crippen LogP contribution >= 0.6 is 0 Å². The summed E-state index contributed by atoms with van der Waals surface area (Å²) in [5.74, 6) is -5.42. The van der Waals surface area contributed by atoms with Crippen LogP contribution in [-0.2, 0) is 22.6 Å². The van der Waals surface area contributed by atoms with Gasteiger partial charge in [0.25, 0.3) is 23.7 Å². The summed E-state index contributed by atoms with van der Waals surface area (Å²) in [6.45, 7) is 4.45. The Labute approximate surface area is 448 Å². The molecule has 10 rings (SSSR count). The number of alkyl halides is 4. The maximum atomic E-state index is 13.4. The minimum Gasteiger partial charge on any atom is -0.478 e. The lowest BCUT2D eigenvalue weighted by Gasteiger charge is -2.31. The molecule has 78 heavy (non-hydrogen) atoms. The first kappa shape index (κ1) is 57.1. The van der Waals surface area contributed by atoms with E-state index in [4.69, 9.17) is 19.7 Å². The molecular formula is C60H59F4N7O7. The van der Waals surface area contributed by atoms with Crippen molar-refractivity contribution in [3.63, 3.8) is 0 Å². The van der Waals surface area contributed by atoms with Crippen molar-refractivity contribution in [2.45, 2.75) is 78.2 Å². The Bertz CT molecular complexity index is 3420. The second-order valence-corrected chi connectivity index (χ2v) is 18.8. The molecule has 2 aliphatic heterocycles. The van der Waals surface area contributed by atoms with Crippen LogP contribution in [0.2, 0.25) is 0 Å². The third-order valence-electron chi connectivity index (χ3n) is 13.0. The number of nitrogens with two attached hydrogens (primary N) is 1. The topological polar surface area (TPSA) is 199 Å². The van der Waals surface area contributed by atoms with E-state index in [2.05, 4.69) is 19.9 Å². The number of allylic oxidation sites excluding steroid dienone is 1. The van der Waals surface area contributed by atoms with E-state index in [0.717, 1.165) is 78.6 Å². The molecule has 14 nitrogen and oxygen atoms in total. The van der Waals surface area contributed by atoms with Crippen molar-refractivity contribution in [2.75, 3.05) is 26.2 Å². The number of aliphatic carboxylic acids is 1. The number of fused-ring (bicyclic) bond motifs is 2. The second-order valence-electron chi connectivity index (χ2n) is 18.8. The van der Waals surface area contributed by atoms with Crippen molar-refractivity contribution in [2.24, 2.45) is 5.73 Å². The quantitative estimate of drug-likeness (QED) is 0.0868. The first-order valence-electron chi connectivity index (χ1n) is 24.9. The second kappa shape index (κ2) is 25.5. The predicted molar refractivity (Wildman–Crippen MR) is 291 cm³/mol. The number of rotatable bonds is 12. The van der Waals surface area contributed by atoms with Crippen LogP contribution in [0.4, 0.5) is 17.6 Å². The number of nitrogens with zero attached hydrogens (tertiary/aromatic N) is 6. The summed E-state index contributed by atoms with van der Waals surface area (Å²) < 4.78 is 65.2. The SMILES string of the molecule is C.Cc1cc(-c2ccc(C(=O)N3CCC(F)(F)CC3)cn2)cc2cc(CCC(=O)/C=C/c3cccnc3)oc12.Cc1cc(-c2ccc(C(=O)N3CCC(F)(F)CC3)cn2)cc2cc(CN)oc12.O=C(O)/C=C/c1cccnc1. The van der Waals surface area contributed by atoms with Crippen LogP contribution in [0.25, 0.3) is 56.6 Å². The average Bonchev–Trinajstić information content (AvgIpc) is 4.09. The Morgan fingerprint density at radius 3 is 1.49 bits per heavy atom. The van der Waals surface area contributed by atoms with E-state index in [9.17, 15) is 36.7 Å². The lowest BCUT2D eigenvalue weighted by atomic mass is 10.0. The number of carboxylic acid groups (broad SMARTS) is 1. The van der Waals surface area contributed by atoms with Gasteiger partial charge in [0.2, 0.25) is 0 Å². The highest BCUT2D eigenvalue weighted by atomic mass is 19.3. The largest absolute Gasteiger partial charge is 0.478 e. The predicted octanol–water partition coefficient (Wildman–Crippen LogP) is 12.2. The highest BCUT2D eigenvalue weighted by Crippen LogP contribution is 2.33. The standard InChI is InChI=1S/C30H27F2N3O3.C21H21F2N3O2.C8H7NO2.CH4/c1-20-15-23(27-9-5-22(19-34-27)29(37)35-13-10-30(31,32)11-14-35)16-24-17-26(38-28(20)24)8-7-25(36)6-4-21-3-2-12-33-18-21;1-13-8-15(9-16-10-17(11-24)28-19(13)16)18-3-2-14(12-25-18)20(27)26-6-4-21(22,23)5-7-26;10-8(11)4-3-7-2-1-5-9-6-7;/h2-6,9,12,15-19H,7-8,10-11,13-14H2,1H3;2-3,8-10,12H,4-7,11,24H2,1H3;1-6H,(H,10,11);1H4/b6-4+;;4-3+;. The number of aryl methyl sites for hydroxylation is 3. The fourth-order valence-corrected chi connectivity index (χ4v) is 8.74. The van der Waals surface area contributed by atoms with Gasteiger partial charge in [0.05, 0.1) is 29.1 Å². The molecule has 0 saturated carbocycles. The van der Waals surface area contributed by atoms with Crippen molar-refractivity contribution in [1.82, 2.24) is 29.7 Å². The van der Waals surface area contributed by atoms with Gasteiger partial charge in [-0.3, -0.25) is 34.3 Å². The van der Waals surface area contributed by atoms with E-state index in [1.807, 2.05) is 62.4 Å². The van der Waals surface area contributed by atoms with Crippen LogP contribution in [0.3, 0.4) is 0 Å². The molecule has 0 aliphatic carbocycles. The van der Waals surface area contributed by atoms with E-state index >= 15 is 0 Å². The van der Waals surface area contributed by atoms with Gasteiger partial charge in [0, 0.05) is 130 Å². The third-order valence-corrected chi connectivity index (χ3v) is 13.0. The number of carbonyl (C=O) groups excluding carboxylic acids is 3. The summed E-state index contributed by atoms with van der Waals surface area (Å²) in [7, 11) is 0. The molecule has 6 aromatic heterocycles. The Balaban J connectivity index is 0.000000193. The maximum Gasteiger partial charge on any atom is 0.328 e. The molecule has 0 unspecified atom stereocenters. The summed E-state index contributed by atoms with van der Waals surface area (Å²) in [6.07, 6.45) is 15.1. The van der Waals surface area contributed by atoms with Crippen LogP contribution < -0.4 is 5.73 Å². The van der Waals surface area contributed by atoms with Gasteiger partial charge in [-0.15, -0.1) is 0 Å². The Morgan fingerprint density at radius 1 is 0.628 bits per heavy atom. The molecule has 0 atom stereocenters. The van der Waals surface area contributed by atoms with Gasteiger partial charge in [-0.05, 0) is 127 Å². The fourth-order valence-electron chi connectivity index (χ4n) is 8.74. The van der Waals surface area contributed by atoms with Gasteiger partial charge in [-0.2, -0.15) is 0 Å². The molecule has 2 aliphatic rings. The number of hydrogen-bond acceptors (Lipinski definition) is 11.